The Balaban J connectivity index is 2.06. The molecule has 26 heavy (non-hydrogen) atoms. The number of rotatable bonds is 6. The molecule has 0 radical (unpaired) electrons. The molecule has 7 heteroatoms. The number of halogens is 1. The standard InChI is InChI=1S/C19H24FN3O3/c1-21-19(23(2)12-13-6-5-7-15(20)8-13)22-11-14-9-16(25-3)18(24)17(10-14)26-4/h5-10,24H,11-12H2,1-4H3,(H,21,22). The van der Waals surface area contributed by atoms with Crippen molar-refractivity contribution in [2.75, 3.05) is 28.3 Å². The normalized spacial score (nSPS) is 11.2. The Bertz CT molecular complexity index is 755. The number of phenols is 1. The summed E-state index contributed by atoms with van der Waals surface area (Å²) in [6.07, 6.45) is 0. The number of methoxy groups -OCH3 is 2. The molecule has 0 unspecified atom stereocenters. The summed E-state index contributed by atoms with van der Waals surface area (Å²) in [5.41, 5.74) is 1.71. The average molecular weight is 361 g/mol. The van der Waals surface area contributed by atoms with Crippen LogP contribution in [0.3, 0.4) is 0 Å². The predicted molar refractivity (Wildman–Crippen MR) is 99.3 cm³/mol. The third-order valence-electron chi connectivity index (χ3n) is 3.87. The summed E-state index contributed by atoms with van der Waals surface area (Å²) < 4.78 is 23.7. The number of ether oxygens (including phenoxy) is 2. The number of hydrogen-bond donors (Lipinski definition) is 2. The maximum Gasteiger partial charge on any atom is 0.200 e. The van der Waals surface area contributed by atoms with E-state index in [-0.39, 0.29) is 11.6 Å². The minimum Gasteiger partial charge on any atom is -0.502 e. The number of aliphatic imine (C=N–C) groups is 1. The van der Waals surface area contributed by atoms with Crippen LogP contribution in [-0.4, -0.2) is 44.3 Å². The Morgan fingerprint density at radius 2 is 1.81 bits per heavy atom. The van der Waals surface area contributed by atoms with E-state index in [1.807, 2.05) is 18.0 Å². The van der Waals surface area contributed by atoms with E-state index in [4.69, 9.17) is 9.47 Å². The van der Waals surface area contributed by atoms with Crippen molar-refractivity contribution in [3.63, 3.8) is 0 Å². The first-order valence-corrected chi connectivity index (χ1v) is 8.08. The van der Waals surface area contributed by atoms with Gasteiger partial charge in [-0.15, -0.1) is 0 Å². The number of benzene rings is 2. The molecule has 0 amide bonds. The summed E-state index contributed by atoms with van der Waals surface area (Å²) >= 11 is 0. The van der Waals surface area contributed by atoms with Gasteiger partial charge in [0.25, 0.3) is 0 Å². The number of phenolic OH excluding ortho intramolecular Hbond substituents is 1. The van der Waals surface area contributed by atoms with Gasteiger partial charge >= 0.3 is 0 Å². The molecule has 2 aromatic rings. The molecule has 0 aliphatic heterocycles. The van der Waals surface area contributed by atoms with Gasteiger partial charge in [0, 0.05) is 27.2 Å². The minimum atomic E-state index is -0.262. The number of guanidine groups is 1. The van der Waals surface area contributed by atoms with Gasteiger partial charge < -0.3 is 24.8 Å². The zero-order valence-electron chi connectivity index (χ0n) is 15.4. The van der Waals surface area contributed by atoms with Crippen LogP contribution in [-0.2, 0) is 13.1 Å². The smallest absolute Gasteiger partial charge is 0.200 e. The number of nitrogens with zero attached hydrogens (tertiary/aromatic N) is 2. The second-order valence-corrected chi connectivity index (χ2v) is 5.74. The van der Waals surface area contributed by atoms with Crippen LogP contribution in [0.15, 0.2) is 41.4 Å². The summed E-state index contributed by atoms with van der Waals surface area (Å²) in [5, 5.41) is 13.2. The molecule has 0 aliphatic rings. The molecule has 2 aromatic carbocycles. The van der Waals surface area contributed by atoms with E-state index in [0.717, 1.165) is 11.1 Å². The van der Waals surface area contributed by atoms with Crippen LogP contribution >= 0.6 is 0 Å². The Hall–Kier alpha value is -2.96. The first-order valence-electron chi connectivity index (χ1n) is 8.08. The molecule has 140 valence electrons. The third-order valence-corrected chi connectivity index (χ3v) is 3.87. The number of hydrogen-bond acceptors (Lipinski definition) is 4. The second-order valence-electron chi connectivity index (χ2n) is 5.74. The summed E-state index contributed by atoms with van der Waals surface area (Å²) in [6.45, 7) is 0.965. The molecule has 0 spiro atoms. The summed E-state index contributed by atoms with van der Waals surface area (Å²) in [5.74, 6) is 1.03. The third kappa shape index (κ3) is 4.78. The molecule has 2 N–H and O–H groups in total. The Kier molecular flexibility index (Phi) is 6.66. The lowest BCUT2D eigenvalue weighted by Gasteiger charge is -2.22. The predicted octanol–water partition coefficient (Wildman–Crippen LogP) is 2.76. The van der Waals surface area contributed by atoms with E-state index in [0.29, 0.717) is 30.5 Å². The van der Waals surface area contributed by atoms with Crippen LogP contribution < -0.4 is 14.8 Å². The van der Waals surface area contributed by atoms with Crippen LogP contribution in [0.2, 0.25) is 0 Å². The van der Waals surface area contributed by atoms with Gasteiger partial charge in [0.05, 0.1) is 14.2 Å². The average Bonchev–Trinajstić information content (AvgIpc) is 2.63. The van der Waals surface area contributed by atoms with Gasteiger partial charge in [-0.25, -0.2) is 4.39 Å². The molecule has 6 nitrogen and oxygen atoms in total. The van der Waals surface area contributed by atoms with Crippen molar-refractivity contribution < 1.29 is 19.0 Å². The van der Waals surface area contributed by atoms with Crippen molar-refractivity contribution in [3.8, 4) is 17.2 Å². The first-order chi connectivity index (χ1) is 12.5. The van der Waals surface area contributed by atoms with E-state index in [2.05, 4.69) is 10.3 Å². The molecule has 0 heterocycles. The van der Waals surface area contributed by atoms with Gasteiger partial charge in [-0.2, -0.15) is 0 Å². The van der Waals surface area contributed by atoms with Crippen molar-refractivity contribution in [1.29, 1.82) is 0 Å². The highest BCUT2D eigenvalue weighted by molar-refractivity contribution is 5.79. The van der Waals surface area contributed by atoms with Crippen molar-refractivity contribution in [1.82, 2.24) is 10.2 Å². The Morgan fingerprint density at radius 3 is 2.35 bits per heavy atom. The van der Waals surface area contributed by atoms with Crippen LogP contribution in [0.5, 0.6) is 17.2 Å². The summed E-state index contributed by atoms with van der Waals surface area (Å²) in [4.78, 5) is 6.14. The monoisotopic (exact) mass is 361 g/mol. The molecule has 2 rings (SSSR count). The number of aromatic hydroxyl groups is 1. The molecule has 0 saturated carbocycles. The van der Waals surface area contributed by atoms with Crippen molar-refractivity contribution in [3.05, 3.63) is 53.3 Å². The largest absolute Gasteiger partial charge is 0.502 e. The van der Waals surface area contributed by atoms with E-state index in [1.165, 1.54) is 26.4 Å². The van der Waals surface area contributed by atoms with Gasteiger partial charge in [0.2, 0.25) is 5.75 Å². The minimum absolute atomic E-state index is 0.0358. The van der Waals surface area contributed by atoms with Crippen molar-refractivity contribution in [2.45, 2.75) is 13.1 Å². The van der Waals surface area contributed by atoms with Gasteiger partial charge in [-0.05, 0) is 35.4 Å². The molecule has 0 atom stereocenters. The summed E-state index contributed by atoms with van der Waals surface area (Å²) in [6, 6.07) is 9.92. The second kappa shape index (κ2) is 8.94. The first kappa shape index (κ1) is 19.4. The zero-order chi connectivity index (χ0) is 19.1. The molecular weight excluding hydrogens is 337 g/mol. The molecule has 0 bridgehead atoms. The van der Waals surface area contributed by atoms with E-state index < -0.39 is 0 Å². The van der Waals surface area contributed by atoms with Crippen LogP contribution in [0.1, 0.15) is 11.1 Å². The lowest BCUT2D eigenvalue weighted by atomic mass is 10.2. The Labute approximate surface area is 152 Å². The fourth-order valence-corrected chi connectivity index (χ4v) is 2.60. The molecule has 0 aromatic heterocycles. The molecule has 0 aliphatic carbocycles. The number of nitrogens with one attached hydrogen (secondary N) is 1. The van der Waals surface area contributed by atoms with Crippen molar-refractivity contribution >= 4 is 5.96 Å². The fourth-order valence-electron chi connectivity index (χ4n) is 2.60. The van der Waals surface area contributed by atoms with E-state index in [1.54, 1.807) is 25.2 Å². The highest BCUT2D eigenvalue weighted by Crippen LogP contribution is 2.37. The topological polar surface area (TPSA) is 66.3 Å². The van der Waals surface area contributed by atoms with Gasteiger partial charge in [-0.1, -0.05) is 12.1 Å². The highest BCUT2D eigenvalue weighted by Gasteiger charge is 2.12. The van der Waals surface area contributed by atoms with Crippen LogP contribution in [0.4, 0.5) is 4.39 Å². The van der Waals surface area contributed by atoms with E-state index >= 15 is 0 Å². The van der Waals surface area contributed by atoms with Crippen LogP contribution in [0.25, 0.3) is 0 Å². The molecule has 0 fully saturated rings. The molecule has 0 saturated heterocycles. The SMILES string of the molecule is CN=C(NCc1cc(OC)c(O)c(OC)c1)N(C)Cc1cccc(F)c1. The van der Waals surface area contributed by atoms with Gasteiger partial charge in [-0.3, -0.25) is 4.99 Å². The van der Waals surface area contributed by atoms with E-state index in [9.17, 15) is 9.50 Å². The van der Waals surface area contributed by atoms with Crippen molar-refractivity contribution in [2.24, 2.45) is 4.99 Å². The van der Waals surface area contributed by atoms with Gasteiger partial charge in [0.15, 0.2) is 17.5 Å². The maximum atomic E-state index is 13.3. The molecular formula is C19H24FN3O3. The fraction of sp³-hybridized carbons (Fsp3) is 0.316. The highest BCUT2D eigenvalue weighted by atomic mass is 19.1. The maximum absolute atomic E-state index is 13.3. The zero-order valence-corrected chi connectivity index (χ0v) is 15.4. The lowest BCUT2D eigenvalue weighted by Crippen LogP contribution is -2.38. The summed E-state index contributed by atoms with van der Waals surface area (Å²) in [7, 11) is 6.52. The quantitative estimate of drug-likeness (QED) is 0.612. The lowest BCUT2D eigenvalue weighted by molar-refractivity contribution is 0.339. The Morgan fingerprint density at radius 1 is 1.15 bits per heavy atom. The van der Waals surface area contributed by atoms with Crippen LogP contribution in [0, 0.1) is 5.82 Å². The van der Waals surface area contributed by atoms with Gasteiger partial charge in [0.1, 0.15) is 5.82 Å².